The van der Waals surface area contributed by atoms with Crippen molar-refractivity contribution < 1.29 is 14.6 Å². The Balaban J connectivity index is 1.73. The number of para-hydroxylation sites is 1. The summed E-state index contributed by atoms with van der Waals surface area (Å²) in [6.07, 6.45) is -0.641. The molecule has 0 spiro atoms. The third-order valence-electron chi connectivity index (χ3n) is 3.32. The van der Waals surface area contributed by atoms with E-state index in [1.807, 2.05) is 38.1 Å². The maximum absolute atomic E-state index is 10.1. The van der Waals surface area contributed by atoms with Gasteiger partial charge >= 0.3 is 0 Å². The van der Waals surface area contributed by atoms with Gasteiger partial charge < -0.3 is 19.9 Å². The van der Waals surface area contributed by atoms with Crippen LogP contribution in [0.1, 0.15) is 13.8 Å². The van der Waals surface area contributed by atoms with Crippen LogP contribution in [-0.4, -0.2) is 46.7 Å². The molecule has 1 aromatic carbocycles. The van der Waals surface area contributed by atoms with Crippen molar-refractivity contribution in [2.75, 3.05) is 19.8 Å². The van der Waals surface area contributed by atoms with Crippen LogP contribution < -0.4 is 14.8 Å². The third kappa shape index (κ3) is 7.11. The molecule has 6 nitrogen and oxygen atoms in total. The topological polar surface area (TPSA) is 79.4 Å². The highest BCUT2D eigenvalue weighted by molar-refractivity contribution is 9.10. The average molecular weight is 428 g/mol. The maximum Gasteiger partial charge on any atom is 0.231 e. The van der Waals surface area contributed by atoms with Crippen LogP contribution in [-0.2, 0) is 0 Å². The number of hydrogen-bond donors (Lipinski definition) is 3. The normalized spacial score (nSPS) is 12.6. The molecule has 0 bridgehead atoms. The standard InChI is InChI=1S/C17H22BrN3O3S/c1-17(2,11-24-15-7-8-16(25)21-20-15)19-9-12(22)10-23-14-6-4-3-5-13(14)18/h3-8,12,19,22H,9-11H2,1-2H3,(H,21,25). The summed E-state index contributed by atoms with van der Waals surface area (Å²) in [6, 6.07) is 11.0. The fraction of sp³-hybridized carbons (Fsp3) is 0.412. The first-order valence-corrected chi connectivity index (χ1v) is 9.05. The zero-order valence-corrected chi connectivity index (χ0v) is 16.6. The number of aromatic nitrogens is 2. The fourth-order valence-electron chi connectivity index (χ4n) is 1.92. The van der Waals surface area contributed by atoms with Gasteiger partial charge in [-0.25, -0.2) is 0 Å². The molecule has 0 saturated heterocycles. The van der Waals surface area contributed by atoms with Crippen LogP contribution >= 0.6 is 28.1 Å². The van der Waals surface area contributed by atoms with E-state index in [2.05, 4.69) is 31.4 Å². The summed E-state index contributed by atoms with van der Waals surface area (Å²) in [4.78, 5) is 0. The van der Waals surface area contributed by atoms with Crippen LogP contribution in [0, 0.1) is 4.64 Å². The van der Waals surface area contributed by atoms with E-state index in [1.54, 1.807) is 12.1 Å². The number of nitrogens with zero attached hydrogens (tertiary/aromatic N) is 1. The molecule has 2 aromatic rings. The zero-order chi connectivity index (χ0) is 18.3. The smallest absolute Gasteiger partial charge is 0.231 e. The van der Waals surface area contributed by atoms with Gasteiger partial charge in [-0.3, -0.25) is 5.10 Å². The predicted molar refractivity (Wildman–Crippen MR) is 103 cm³/mol. The molecular weight excluding hydrogens is 406 g/mol. The van der Waals surface area contributed by atoms with Crippen LogP contribution in [0.5, 0.6) is 11.6 Å². The lowest BCUT2D eigenvalue weighted by atomic mass is 10.1. The highest BCUT2D eigenvalue weighted by Crippen LogP contribution is 2.23. The Kier molecular flexibility index (Phi) is 7.37. The molecule has 25 heavy (non-hydrogen) atoms. The quantitative estimate of drug-likeness (QED) is 0.533. The second kappa shape index (κ2) is 9.28. The summed E-state index contributed by atoms with van der Waals surface area (Å²) in [5, 5.41) is 20.1. The van der Waals surface area contributed by atoms with Gasteiger partial charge in [-0.1, -0.05) is 24.4 Å². The van der Waals surface area contributed by atoms with Gasteiger partial charge in [-0.2, -0.15) is 0 Å². The van der Waals surface area contributed by atoms with Crippen molar-refractivity contribution in [1.82, 2.24) is 15.5 Å². The number of benzene rings is 1. The molecule has 0 amide bonds. The van der Waals surface area contributed by atoms with Crippen molar-refractivity contribution in [2.45, 2.75) is 25.5 Å². The molecule has 1 heterocycles. The minimum absolute atomic E-state index is 0.198. The van der Waals surface area contributed by atoms with Gasteiger partial charge in [-0.15, -0.1) is 5.10 Å². The number of hydrogen-bond acceptors (Lipinski definition) is 6. The van der Waals surface area contributed by atoms with Gasteiger partial charge in [-0.05, 0) is 48.0 Å². The van der Waals surface area contributed by atoms with Gasteiger partial charge in [0.25, 0.3) is 0 Å². The molecule has 0 saturated carbocycles. The second-order valence-electron chi connectivity index (χ2n) is 6.21. The van der Waals surface area contributed by atoms with Gasteiger partial charge in [0.05, 0.1) is 4.47 Å². The number of H-pyrrole nitrogens is 1. The summed E-state index contributed by atoms with van der Waals surface area (Å²) < 4.78 is 12.7. The lowest BCUT2D eigenvalue weighted by molar-refractivity contribution is 0.0919. The molecule has 8 heteroatoms. The molecule has 3 N–H and O–H groups in total. The molecular formula is C17H22BrN3O3S. The first-order chi connectivity index (χ1) is 11.9. The predicted octanol–water partition coefficient (Wildman–Crippen LogP) is 3.09. The van der Waals surface area contributed by atoms with E-state index in [0.29, 0.717) is 29.4 Å². The number of aliphatic hydroxyl groups excluding tert-OH is 1. The molecule has 0 aliphatic heterocycles. The molecule has 1 unspecified atom stereocenters. The molecule has 0 aliphatic carbocycles. The number of aromatic amines is 1. The number of aliphatic hydroxyl groups is 1. The molecule has 1 aromatic heterocycles. The fourth-order valence-corrected chi connectivity index (χ4v) is 2.43. The highest BCUT2D eigenvalue weighted by atomic mass is 79.9. The van der Waals surface area contributed by atoms with Gasteiger partial charge in [0.1, 0.15) is 29.7 Å². The van der Waals surface area contributed by atoms with E-state index in [0.717, 1.165) is 4.47 Å². The molecule has 136 valence electrons. The second-order valence-corrected chi connectivity index (χ2v) is 7.50. The molecule has 2 rings (SSSR count). The van der Waals surface area contributed by atoms with Gasteiger partial charge in [0, 0.05) is 18.2 Å². The number of halogens is 1. The summed E-state index contributed by atoms with van der Waals surface area (Å²) in [5.74, 6) is 1.18. The van der Waals surface area contributed by atoms with Crippen molar-refractivity contribution in [3.05, 3.63) is 45.5 Å². The van der Waals surface area contributed by atoms with Crippen molar-refractivity contribution in [2.24, 2.45) is 0 Å². The van der Waals surface area contributed by atoms with Crippen LogP contribution in [0.15, 0.2) is 40.9 Å². The van der Waals surface area contributed by atoms with E-state index in [-0.39, 0.29) is 12.1 Å². The number of nitrogens with one attached hydrogen (secondary N) is 2. The molecule has 1 atom stereocenters. The van der Waals surface area contributed by atoms with Gasteiger partial charge in [0.2, 0.25) is 5.88 Å². The van der Waals surface area contributed by atoms with Crippen molar-refractivity contribution in [3.63, 3.8) is 0 Å². The summed E-state index contributed by atoms with van der Waals surface area (Å²) in [6.45, 7) is 4.94. The maximum atomic E-state index is 10.1. The summed E-state index contributed by atoms with van der Waals surface area (Å²) >= 11 is 8.35. The van der Waals surface area contributed by atoms with Gasteiger partial charge in [0.15, 0.2) is 0 Å². The molecule has 0 aliphatic rings. The SMILES string of the molecule is CC(C)(COc1ccc(=S)[nH]n1)NCC(O)COc1ccccc1Br. The Hall–Kier alpha value is -1.48. The summed E-state index contributed by atoms with van der Waals surface area (Å²) in [5.41, 5.74) is -0.345. The van der Waals surface area contributed by atoms with E-state index in [1.165, 1.54) is 0 Å². The van der Waals surface area contributed by atoms with E-state index < -0.39 is 6.10 Å². The lowest BCUT2D eigenvalue weighted by Gasteiger charge is -2.27. The third-order valence-corrected chi connectivity index (χ3v) is 4.20. The van der Waals surface area contributed by atoms with Crippen molar-refractivity contribution in [3.8, 4) is 11.6 Å². The largest absolute Gasteiger partial charge is 0.490 e. The van der Waals surface area contributed by atoms with Crippen molar-refractivity contribution in [1.29, 1.82) is 0 Å². The molecule has 0 radical (unpaired) electrons. The Morgan fingerprint density at radius 2 is 2.04 bits per heavy atom. The minimum atomic E-state index is -0.641. The molecule has 0 fully saturated rings. The number of rotatable bonds is 9. The van der Waals surface area contributed by atoms with E-state index in [4.69, 9.17) is 21.7 Å². The number of ether oxygens (including phenoxy) is 2. The van der Waals surface area contributed by atoms with Crippen molar-refractivity contribution >= 4 is 28.1 Å². The summed E-state index contributed by atoms with van der Waals surface area (Å²) in [7, 11) is 0. The van der Waals surface area contributed by atoms with E-state index >= 15 is 0 Å². The van der Waals surface area contributed by atoms with Crippen LogP contribution in [0.3, 0.4) is 0 Å². The van der Waals surface area contributed by atoms with Crippen LogP contribution in [0.25, 0.3) is 0 Å². The first-order valence-electron chi connectivity index (χ1n) is 7.85. The zero-order valence-electron chi connectivity index (χ0n) is 14.2. The Morgan fingerprint density at radius 1 is 1.28 bits per heavy atom. The Morgan fingerprint density at radius 3 is 2.72 bits per heavy atom. The van der Waals surface area contributed by atoms with Crippen LogP contribution in [0.2, 0.25) is 0 Å². The first kappa shape index (κ1) is 19.8. The minimum Gasteiger partial charge on any atom is -0.490 e. The number of β-amino-alcohol motifs (C(OH)–C–C–N with tert-alkyl or cyclic N) is 1. The van der Waals surface area contributed by atoms with Crippen LogP contribution in [0.4, 0.5) is 0 Å². The Labute approximate surface area is 160 Å². The van der Waals surface area contributed by atoms with E-state index in [9.17, 15) is 5.11 Å². The average Bonchev–Trinajstić information content (AvgIpc) is 2.59. The monoisotopic (exact) mass is 427 g/mol. The Bertz CT molecular complexity index is 719. The highest BCUT2D eigenvalue weighted by Gasteiger charge is 2.20. The lowest BCUT2D eigenvalue weighted by Crippen LogP contribution is -2.48.